The second-order valence-electron chi connectivity index (χ2n) is 4.45. The van der Waals surface area contributed by atoms with E-state index in [1.54, 1.807) is 25.3 Å². The highest BCUT2D eigenvalue weighted by Crippen LogP contribution is 2.24. The number of carbonyl (C=O) groups excluding carboxylic acids is 1. The van der Waals surface area contributed by atoms with Gasteiger partial charge in [0.15, 0.2) is 5.78 Å². The molecule has 1 unspecified atom stereocenters. The number of hydrogen-bond donors (Lipinski definition) is 0. The second kappa shape index (κ2) is 6.21. The summed E-state index contributed by atoms with van der Waals surface area (Å²) in [6.07, 6.45) is 2.98. The number of ketones is 1. The van der Waals surface area contributed by atoms with Crippen LogP contribution in [0.15, 0.2) is 18.2 Å². The van der Waals surface area contributed by atoms with Gasteiger partial charge in [-0.25, -0.2) is 0 Å². The van der Waals surface area contributed by atoms with Crippen LogP contribution in [0.25, 0.3) is 0 Å². The molecule has 0 saturated carbocycles. The molecule has 0 bridgehead atoms. The Morgan fingerprint density at radius 3 is 3.00 bits per heavy atom. The molecule has 1 saturated heterocycles. The third-order valence-corrected chi connectivity index (χ3v) is 3.38. The Labute approximate surface area is 112 Å². The topological polar surface area (TPSA) is 35.5 Å². The Balaban J connectivity index is 2.07. The molecule has 2 rings (SSSR count). The zero-order chi connectivity index (χ0) is 13.0. The molecule has 3 nitrogen and oxygen atoms in total. The van der Waals surface area contributed by atoms with E-state index in [4.69, 9.17) is 21.1 Å². The highest BCUT2D eigenvalue weighted by Gasteiger charge is 2.22. The Bertz CT molecular complexity index is 425. The fourth-order valence-corrected chi connectivity index (χ4v) is 2.38. The van der Waals surface area contributed by atoms with E-state index < -0.39 is 0 Å². The molecule has 1 aliphatic rings. The summed E-state index contributed by atoms with van der Waals surface area (Å²) in [7, 11) is 1.59. The second-order valence-corrected chi connectivity index (χ2v) is 4.89. The van der Waals surface area contributed by atoms with Crippen LogP contribution in [0.5, 0.6) is 5.75 Å². The van der Waals surface area contributed by atoms with Gasteiger partial charge in [-0.1, -0.05) is 11.6 Å². The van der Waals surface area contributed by atoms with Gasteiger partial charge in [0.2, 0.25) is 0 Å². The van der Waals surface area contributed by atoms with Gasteiger partial charge in [0.25, 0.3) is 0 Å². The molecule has 1 heterocycles. The van der Waals surface area contributed by atoms with Crippen LogP contribution in [0.1, 0.15) is 24.8 Å². The SMILES string of the molecule is COc1ccc(Cl)cc1CC(=O)C1CCCCO1. The summed E-state index contributed by atoms with van der Waals surface area (Å²) in [5.74, 6) is 0.804. The average molecular weight is 269 g/mol. The summed E-state index contributed by atoms with van der Waals surface area (Å²) in [5, 5.41) is 0.614. The van der Waals surface area contributed by atoms with Crippen LogP contribution in [0.3, 0.4) is 0 Å². The number of methoxy groups -OCH3 is 1. The quantitative estimate of drug-likeness (QED) is 0.842. The lowest BCUT2D eigenvalue weighted by molar-refractivity contribution is -0.132. The van der Waals surface area contributed by atoms with Crippen molar-refractivity contribution in [3.63, 3.8) is 0 Å². The van der Waals surface area contributed by atoms with Crippen molar-refractivity contribution in [2.24, 2.45) is 0 Å². The fraction of sp³-hybridized carbons (Fsp3) is 0.500. The summed E-state index contributed by atoms with van der Waals surface area (Å²) >= 11 is 5.94. The zero-order valence-corrected chi connectivity index (χ0v) is 11.2. The minimum absolute atomic E-state index is 0.107. The van der Waals surface area contributed by atoms with Crippen molar-refractivity contribution in [1.82, 2.24) is 0 Å². The van der Waals surface area contributed by atoms with Gasteiger partial charge in [-0.2, -0.15) is 0 Å². The Morgan fingerprint density at radius 1 is 1.50 bits per heavy atom. The van der Waals surface area contributed by atoms with Gasteiger partial charge in [0, 0.05) is 23.6 Å². The standard InChI is InChI=1S/C14H17ClO3/c1-17-13-6-5-11(15)8-10(13)9-12(16)14-4-2-3-7-18-14/h5-6,8,14H,2-4,7,9H2,1H3. The molecule has 0 spiro atoms. The first kappa shape index (κ1) is 13.4. The Hall–Kier alpha value is -1.06. The molecule has 0 radical (unpaired) electrons. The van der Waals surface area contributed by atoms with Crippen molar-refractivity contribution in [3.8, 4) is 5.75 Å². The van der Waals surface area contributed by atoms with Gasteiger partial charge in [0.05, 0.1) is 7.11 Å². The summed E-state index contributed by atoms with van der Waals surface area (Å²) in [5.41, 5.74) is 0.823. The molecule has 98 valence electrons. The number of hydrogen-bond acceptors (Lipinski definition) is 3. The maximum atomic E-state index is 12.1. The Kier molecular flexibility index (Phi) is 4.61. The van der Waals surface area contributed by atoms with E-state index in [2.05, 4.69) is 0 Å². The van der Waals surface area contributed by atoms with E-state index >= 15 is 0 Å². The molecule has 18 heavy (non-hydrogen) atoms. The summed E-state index contributed by atoms with van der Waals surface area (Å²) in [6, 6.07) is 5.32. The summed E-state index contributed by atoms with van der Waals surface area (Å²) in [6.45, 7) is 0.684. The minimum Gasteiger partial charge on any atom is -0.496 e. The summed E-state index contributed by atoms with van der Waals surface area (Å²) in [4.78, 5) is 12.1. The van der Waals surface area contributed by atoms with Crippen LogP contribution in [0.2, 0.25) is 5.02 Å². The number of Topliss-reactive ketones (excluding diaryl/α,β-unsaturated/α-hetero) is 1. The van der Waals surface area contributed by atoms with E-state index in [0.29, 0.717) is 23.8 Å². The van der Waals surface area contributed by atoms with Crippen LogP contribution in [0.4, 0.5) is 0 Å². The predicted octanol–water partition coefficient (Wildman–Crippen LogP) is 3.03. The van der Waals surface area contributed by atoms with Gasteiger partial charge in [-0.3, -0.25) is 4.79 Å². The molecule has 1 fully saturated rings. The number of carbonyl (C=O) groups is 1. The van der Waals surface area contributed by atoms with E-state index in [-0.39, 0.29) is 11.9 Å². The number of halogens is 1. The zero-order valence-electron chi connectivity index (χ0n) is 10.4. The fourth-order valence-electron chi connectivity index (χ4n) is 2.18. The highest BCUT2D eigenvalue weighted by molar-refractivity contribution is 6.30. The number of rotatable bonds is 4. The van der Waals surface area contributed by atoms with Gasteiger partial charge in [0.1, 0.15) is 11.9 Å². The van der Waals surface area contributed by atoms with Crippen molar-refractivity contribution in [2.75, 3.05) is 13.7 Å². The van der Waals surface area contributed by atoms with Crippen LogP contribution in [-0.4, -0.2) is 25.6 Å². The van der Waals surface area contributed by atoms with Crippen LogP contribution < -0.4 is 4.74 Å². The first-order valence-electron chi connectivity index (χ1n) is 6.17. The molecule has 1 aliphatic heterocycles. The molecular formula is C14H17ClO3. The normalized spacial score (nSPS) is 19.6. The van der Waals surface area contributed by atoms with E-state index in [1.807, 2.05) is 0 Å². The lowest BCUT2D eigenvalue weighted by Crippen LogP contribution is -2.29. The monoisotopic (exact) mass is 268 g/mol. The van der Waals surface area contributed by atoms with Crippen molar-refractivity contribution in [3.05, 3.63) is 28.8 Å². The van der Waals surface area contributed by atoms with Gasteiger partial charge < -0.3 is 9.47 Å². The van der Waals surface area contributed by atoms with Crippen molar-refractivity contribution in [1.29, 1.82) is 0 Å². The summed E-state index contributed by atoms with van der Waals surface area (Å²) < 4.78 is 10.7. The van der Waals surface area contributed by atoms with Crippen molar-refractivity contribution in [2.45, 2.75) is 31.8 Å². The van der Waals surface area contributed by atoms with Gasteiger partial charge >= 0.3 is 0 Å². The molecule has 1 aromatic rings. The lowest BCUT2D eigenvalue weighted by atomic mass is 9.99. The minimum atomic E-state index is -0.262. The number of ether oxygens (including phenoxy) is 2. The molecule has 0 aliphatic carbocycles. The molecular weight excluding hydrogens is 252 g/mol. The molecule has 1 aromatic carbocycles. The van der Waals surface area contributed by atoms with E-state index in [1.165, 1.54) is 0 Å². The average Bonchev–Trinajstić information content (AvgIpc) is 2.40. The van der Waals surface area contributed by atoms with E-state index in [0.717, 1.165) is 24.8 Å². The number of benzene rings is 1. The molecule has 4 heteroatoms. The molecule has 1 atom stereocenters. The third-order valence-electron chi connectivity index (χ3n) is 3.15. The van der Waals surface area contributed by atoms with Crippen LogP contribution in [0, 0.1) is 0 Å². The third kappa shape index (κ3) is 3.24. The highest BCUT2D eigenvalue weighted by atomic mass is 35.5. The molecule has 0 aromatic heterocycles. The molecule has 0 amide bonds. The van der Waals surface area contributed by atoms with Gasteiger partial charge in [-0.05, 0) is 37.5 Å². The van der Waals surface area contributed by atoms with Crippen molar-refractivity contribution >= 4 is 17.4 Å². The van der Waals surface area contributed by atoms with Crippen LogP contribution >= 0.6 is 11.6 Å². The first-order chi connectivity index (χ1) is 8.70. The maximum absolute atomic E-state index is 12.1. The Morgan fingerprint density at radius 2 is 2.33 bits per heavy atom. The maximum Gasteiger partial charge on any atom is 0.166 e. The smallest absolute Gasteiger partial charge is 0.166 e. The lowest BCUT2D eigenvalue weighted by Gasteiger charge is -2.21. The largest absolute Gasteiger partial charge is 0.496 e. The van der Waals surface area contributed by atoms with E-state index in [9.17, 15) is 4.79 Å². The van der Waals surface area contributed by atoms with Crippen molar-refractivity contribution < 1.29 is 14.3 Å². The predicted molar refractivity (Wildman–Crippen MR) is 70.3 cm³/mol. The van der Waals surface area contributed by atoms with Crippen LogP contribution in [-0.2, 0) is 16.0 Å². The molecule has 0 N–H and O–H groups in total. The first-order valence-corrected chi connectivity index (χ1v) is 6.55. The van der Waals surface area contributed by atoms with Gasteiger partial charge in [-0.15, -0.1) is 0 Å².